The molecule has 3 saturated carbocycles. The van der Waals surface area contributed by atoms with Gasteiger partial charge in [0.1, 0.15) is 41.8 Å². The standard InChI is InChI=1S/C66H109ClF3N11O11/c1-15-41(5)56-62(90)76(10)38-54(84)74(8)39-55(85)79(13)51(36-44-23-18-17-19-24-44)61(89)75(9)37-52(82)71-48(29-27-45-26-28-46(47(67)35-45)66(68,69)70)60(88)81-32-22-25-49(81)59(87)73-65(30-20-21-31-65)64(92)80(14)57(42(6)16-2)63(91)77(11)43(7)34-53(83)78(12)50(33-40(3)4)58(86)72-56/h40-51,56-57H,15-39H2,1-14H3,(H,71,82)(H,72,86)(H,73,87)/t41-,42-,43+,45?,46?,47?,48-,49-,50-,51-,56-,57-/m0/s1. The molecule has 5 rings (SSSR count). The van der Waals surface area contributed by atoms with Crippen LogP contribution in [0.2, 0.25) is 0 Å². The fourth-order valence-electron chi connectivity index (χ4n) is 14.3. The Morgan fingerprint density at radius 3 is 1.77 bits per heavy atom. The first-order valence-corrected chi connectivity index (χ1v) is 34.2. The molecular formula is C66H109ClF3N11O11. The van der Waals surface area contributed by atoms with Gasteiger partial charge >= 0.3 is 6.18 Å². The van der Waals surface area contributed by atoms with E-state index in [-0.39, 0.29) is 94.9 Å². The van der Waals surface area contributed by atoms with Gasteiger partial charge in [0.2, 0.25) is 65.0 Å². The van der Waals surface area contributed by atoms with E-state index in [2.05, 4.69) is 16.0 Å². The van der Waals surface area contributed by atoms with Crippen molar-refractivity contribution in [2.75, 3.05) is 75.5 Å². The second kappa shape index (κ2) is 34.1. The molecule has 3 N–H and O–H groups in total. The van der Waals surface area contributed by atoms with Crippen LogP contribution >= 0.6 is 11.6 Å². The number of likely N-dealkylation sites (N-methyl/N-ethyl adjacent to an activating group) is 7. The summed E-state index contributed by atoms with van der Waals surface area (Å²) in [4.78, 5) is 171. The van der Waals surface area contributed by atoms with Gasteiger partial charge in [-0.2, -0.15) is 13.2 Å². The third kappa shape index (κ3) is 19.7. The molecule has 26 heteroatoms. The average molecular weight is 1330 g/mol. The van der Waals surface area contributed by atoms with Crippen molar-refractivity contribution >= 4 is 76.6 Å². The molecule has 22 nitrogen and oxygen atoms in total. The van der Waals surface area contributed by atoms with Crippen molar-refractivity contribution < 1.29 is 65.9 Å². The summed E-state index contributed by atoms with van der Waals surface area (Å²) in [6, 6.07) is -7.50. The Morgan fingerprint density at radius 1 is 0.587 bits per heavy atom. The molecule has 3 aliphatic carbocycles. The lowest BCUT2D eigenvalue weighted by Gasteiger charge is -2.41. The molecule has 3 unspecified atom stereocenters. The number of nitrogens with zero attached hydrogens (tertiary/aromatic N) is 8. The Labute approximate surface area is 549 Å². The van der Waals surface area contributed by atoms with Crippen LogP contribution in [0.4, 0.5) is 13.2 Å². The van der Waals surface area contributed by atoms with Gasteiger partial charge in [0.25, 0.3) is 0 Å². The van der Waals surface area contributed by atoms with E-state index < -0.39 is 162 Å². The highest BCUT2D eigenvalue weighted by Gasteiger charge is 2.51. The predicted octanol–water partition coefficient (Wildman–Crippen LogP) is 5.96. The first kappa shape index (κ1) is 77.0. The van der Waals surface area contributed by atoms with Crippen LogP contribution in [-0.2, 0) is 52.7 Å². The quantitative estimate of drug-likeness (QED) is 0.204. The van der Waals surface area contributed by atoms with Crippen LogP contribution in [0, 0.1) is 35.5 Å². The molecule has 0 radical (unpaired) electrons. The molecule has 92 heavy (non-hydrogen) atoms. The lowest BCUT2D eigenvalue weighted by atomic mass is 9.78. The molecule has 0 aromatic carbocycles. The molecule has 0 aromatic rings. The summed E-state index contributed by atoms with van der Waals surface area (Å²) >= 11 is 6.37. The summed E-state index contributed by atoms with van der Waals surface area (Å²) < 4.78 is 41.8. The van der Waals surface area contributed by atoms with Crippen molar-refractivity contribution in [3.05, 3.63) is 0 Å². The molecule has 1 spiro atoms. The van der Waals surface area contributed by atoms with E-state index >= 15 is 9.59 Å². The lowest BCUT2D eigenvalue weighted by Crippen LogP contribution is -2.64. The number of hydrogen-bond acceptors (Lipinski definition) is 11. The second-order valence-electron chi connectivity index (χ2n) is 28.2. The van der Waals surface area contributed by atoms with Gasteiger partial charge in [-0.05, 0) is 107 Å². The van der Waals surface area contributed by atoms with E-state index in [0.29, 0.717) is 32.1 Å². The zero-order chi connectivity index (χ0) is 68.9. The minimum Gasteiger partial charge on any atom is -0.343 e. The lowest BCUT2D eigenvalue weighted by molar-refractivity contribution is -0.182. The predicted molar refractivity (Wildman–Crippen MR) is 343 cm³/mol. The summed E-state index contributed by atoms with van der Waals surface area (Å²) in [5, 5.41) is 7.59. The minimum atomic E-state index is -4.49. The van der Waals surface area contributed by atoms with Gasteiger partial charge in [-0.1, -0.05) is 99.3 Å². The minimum absolute atomic E-state index is 0.0150. The smallest absolute Gasteiger partial charge is 0.343 e. The normalized spacial score (nSPS) is 29.9. The monoisotopic (exact) mass is 1320 g/mol. The molecule has 0 bridgehead atoms. The van der Waals surface area contributed by atoms with Crippen molar-refractivity contribution in [3.63, 3.8) is 0 Å². The van der Waals surface area contributed by atoms with E-state index in [9.17, 15) is 56.3 Å². The summed E-state index contributed by atoms with van der Waals surface area (Å²) in [7, 11) is 10.2. The van der Waals surface area contributed by atoms with Gasteiger partial charge in [0, 0.05) is 73.7 Å². The first-order chi connectivity index (χ1) is 43.1. The van der Waals surface area contributed by atoms with Crippen molar-refractivity contribution in [3.8, 4) is 0 Å². The highest BCUT2D eigenvalue weighted by Crippen LogP contribution is 2.44. The van der Waals surface area contributed by atoms with Crippen molar-refractivity contribution in [1.82, 2.24) is 55.1 Å². The van der Waals surface area contributed by atoms with E-state index in [1.807, 2.05) is 34.6 Å². The van der Waals surface area contributed by atoms with Crippen LogP contribution < -0.4 is 16.0 Å². The summed E-state index contributed by atoms with van der Waals surface area (Å²) in [6.45, 7) is 11.4. The molecule has 2 saturated heterocycles. The topological polar surface area (TPSA) is 250 Å². The SMILES string of the molecule is CC[C@H](C)[C@@H]1NC(=O)[C@H](CC(C)C)N(C)C(=O)C[C@@H](C)N(C)C(=O)[C@H]([C@@H](C)CC)N(C)C(=O)C2(CCCC2)NC(=O)[C@@H]2CCCN2C(=O)[C@H](CCC2CCC(C(F)(F)F)C(Cl)C2)NC(=O)CN(C)C(=O)[C@H](CC2CCCCC2)N(C)C(=O)CN(C)C(=O)CN(C)C1=O. The van der Waals surface area contributed by atoms with Crippen LogP contribution in [0.3, 0.4) is 0 Å². The van der Waals surface area contributed by atoms with Crippen LogP contribution in [-0.4, -0.2) is 239 Å². The van der Waals surface area contributed by atoms with Crippen molar-refractivity contribution in [2.45, 2.75) is 243 Å². The number of rotatable bonds is 11. The fraction of sp³-hybridized carbons (Fsp3) is 0.833. The Balaban J connectivity index is 1.55. The Hall–Kier alpha value is -5.75. The van der Waals surface area contributed by atoms with Crippen LogP contribution in [0.15, 0.2) is 0 Å². The highest BCUT2D eigenvalue weighted by molar-refractivity contribution is 6.20. The van der Waals surface area contributed by atoms with Crippen molar-refractivity contribution in [1.29, 1.82) is 0 Å². The first-order valence-electron chi connectivity index (χ1n) is 33.8. The molecule has 2 aliphatic heterocycles. The van der Waals surface area contributed by atoms with Crippen LogP contribution in [0.5, 0.6) is 0 Å². The van der Waals surface area contributed by atoms with E-state index in [1.165, 1.54) is 76.6 Å². The summed E-state index contributed by atoms with van der Waals surface area (Å²) in [5.41, 5.74) is -1.48. The van der Waals surface area contributed by atoms with Gasteiger partial charge in [-0.15, -0.1) is 11.6 Å². The Kier molecular flexibility index (Phi) is 28.5. The number of carbonyl (C=O) groups excluding carboxylic acids is 11. The number of alkyl halides is 4. The molecule has 522 valence electrons. The van der Waals surface area contributed by atoms with Gasteiger partial charge in [-0.3, -0.25) is 52.7 Å². The van der Waals surface area contributed by atoms with Gasteiger partial charge < -0.3 is 55.1 Å². The molecule has 2 heterocycles. The van der Waals surface area contributed by atoms with Gasteiger partial charge in [0.15, 0.2) is 0 Å². The summed E-state index contributed by atoms with van der Waals surface area (Å²) in [6.07, 6.45) is 3.41. The van der Waals surface area contributed by atoms with Crippen LogP contribution in [0.1, 0.15) is 183 Å². The highest BCUT2D eigenvalue weighted by atomic mass is 35.5. The average Bonchev–Trinajstić information content (AvgIpc) is 1.49. The number of halogens is 4. The zero-order valence-corrected chi connectivity index (χ0v) is 58.1. The fourth-order valence-corrected chi connectivity index (χ4v) is 14.8. The number of nitrogens with one attached hydrogen (secondary N) is 3. The number of amides is 11. The van der Waals surface area contributed by atoms with E-state index in [4.69, 9.17) is 11.6 Å². The number of hydrogen-bond donors (Lipinski definition) is 3. The maximum atomic E-state index is 15.2. The largest absolute Gasteiger partial charge is 0.393 e. The third-order valence-electron chi connectivity index (χ3n) is 20.9. The molecule has 12 atom stereocenters. The molecular weight excluding hydrogens is 1220 g/mol. The number of fused-ring (bicyclic) bond motifs is 1. The van der Waals surface area contributed by atoms with Crippen molar-refractivity contribution in [2.24, 2.45) is 35.5 Å². The molecule has 5 aliphatic rings. The zero-order valence-electron chi connectivity index (χ0n) is 57.3. The van der Waals surface area contributed by atoms with E-state index in [1.54, 1.807) is 20.9 Å². The third-order valence-corrected chi connectivity index (χ3v) is 21.4. The molecule has 5 fully saturated rings. The van der Waals surface area contributed by atoms with Crippen LogP contribution in [0.25, 0.3) is 0 Å². The maximum absolute atomic E-state index is 15.2. The molecule has 11 amide bonds. The van der Waals surface area contributed by atoms with Gasteiger partial charge in [0.05, 0.1) is 25.6 Å². The maximum Gasteiger partial charge on any atom is 0.393 e. The number of carbonyl (C=O) groups is 11. The molecule has 0 aromatic heterocycles. The second-order valence-corrected chi connectivity index (χ2v) is 28.7. The summed E-state index contributed by atoms with van der Waals surface area (Å²) in [5.74, 6) is -9.35. The van der Waals surface area contributed by atoms with Gasteiger partial charge in [-0.25, -0.2) is 0 Å². The van der Waals surface area contributed by atoms with E-state index in [0.717, 1.165) is 37.0 Å². The Morgan fingerprint density at radius 2 is 1.18 bits per heavy atom. The Bertz CT molecular complexity index is 2610.